The fourth-order valence-corrected chi connectivity index (χ4v) is 3.96. The van der Waals surface area contributed by atoms with Gasteiger partial charge in [0.15, 0.2) is 0 Å². The second-order valence-corrected chi connectivity index (χ2v) is 8.88. The van der Waals surface area contributed by atoms with E-state index in [1.165, 1.54) is 23.8 Å². The van der Waals surface area contributed by atoms with Gasteiger partial charge in [-0.3, -0.25) is 9.52 Å². The maximum absolute atomic E-state index is 12.7. The third kappa shape index (κ3) is 5.23. The summed E-state index contributed by atoms with van der Waals surface area (Å²) in [7, 11) is -3.82. The SMILES string of the molecule is CCCCc1ccc(NS(=O)(=O)c2ccc(Cl)c(C(=O)NC3CC3)c2)cc1. The fraction of sp³-hybridized carbons (Fsp3) is 0.350. The first kappa shape index (κ1) is 19.7. The average Bonchev–Trinajstić information content (AvgIpc) is 3.45. The third-order valence-electron chi connectivity index (χ3n) is 4.43. The number of benzene rings is 2. The molecule has 1 amide bonds. The number of anilines is 1. The van der Waals surface area contributed by atoms with E-state index in [0.29, 0.717) is 5.69 Å². The Bertz CT molecular complexity index is 923. The number of carbonyl (C=O) groups is 1. The highest BCUT2D eigenvalue weighted by molar-refractivity contribution is 7.92. The quantitative estimate of drug-likeness (QED) is 0.683. The molecule has 0 heterocycles. The molecule has 0 radical (unpaired) electrons. The molecular weight excluding hydrogens is 384 g/mol. The van der Waals surface area contributed by atoms with E-state index in [2.05, 4.69) is 17.0 Å². The first-order valence-corrected chi connectivity index (χ1v) is 11.0. The Labute approximate surface area is 165 Å². The number of amides is 1. The molecule has 0 saturated heterocycles. The summed E-state index contributed by atoms with van der Waals surface area (Å²) >= 11 is 6.09. The summed E-state index contributed by atoms with van der Waals surface area (Å²) in [5.41, 5.74) is 1.82. The van der Waals surface area contributed by atoms with E-state index in [9.17, 15) is 13.2 Å². The van der Waals surface area contributed by atoms with Crippen LogP contribution in [0.4, 0.5) is 5.69 Å². The largest absolute Gasteiger partial charge is 0.349 e. The maximum atomic E-state index is 12.7. The standard InChI is InChI=1S/C20H23ClN2O3S/c1-2-3-4-14-5-7-16(8-6-14)23-27(25,26)17-11-12-19(21)18(13-17)20(24)22-15-9-10-15/h5-8,11-13,15,23H,2-4,9-10H2,1H3,(H,22,24). The Kier molecular flexibility index (Phi) is 6.07. The zero-order chi connectivity index (χ0) is 19.4. The van der Waals surface area contributed by atoms with Crippen molar-refractivity contribution < 1.29 is 13.2 Å². The van der Waals surface area contributed by atoms with Crippen LogP contribution in [0.15, 0.2) is 47.4 Å². The van der Waals surface area contributed by atoms with Crippen LogP contribution in [-0.4, -0.2) is 20.4 Å². The summed E-state index contributed by atoms with van der Waals surface area (Å²) in [4.78, 5) is 12.3. The van der Waals surface area contributed by atoms with Crippen molar-refractivity contribution in [3.63, 3.8) is 0 Å². The normalized spacial score (nSPS) is 14.0. The van der Waals surface area contributed by atoms with Crippen LogP contribution >= 0.6 is 11.6 Å². The molecule has 2 N–H and O–H groups in total. The molecule has 7 heteroatoms. The molecule has 1 fully saturated rings. The highest BCUT2D eigenvalue weighted by Crippen LogP contribution is 2.25. The van der Waals surface area contributed by atoms with Crippen LogP contribution in [0, 0.1) is 0 Å². The minimum absolute atomic E-state index is 0.00269. The maximum Gasteiger partial charge on any atom is 0.261 e. The second kappa shape index (κ2) is 8.31. The minimum atomic E-state index is -3.82. The van der Waals surface area contributed by atoms with E-state index in [1.807, 2.05) is 12.1 Å². The Morgan fingerprint density at radius 2 is 1.85 bits per heavy atom. The first-order valence-electron chi connectivity index (χ1n) is 9.11. The van der Waals surface area contributed by atoms with Gasteiger partial charge in [0.1, 0.15) is 0 Å². The summed E-state index contributed by atoms with van der Waals surface area (Å²) in [5, 5.41) is 3.05. The van der Waals surface area contributed by atoms with Gasteiger partial charge in [0.2, 0.25) is 0 Å². The fourth-order valence-electron chi connectivity index (χ4n) is 2.67. The van der Waals surface area contributed by atoms with Crippen molar-refractivity contribution in [3.8, 4) is 0 Å². The topological polar surface area (TPSA) is 75.3 Å². The highest BCUT2D eigenvalue weighted by atomic mass is 35.5. The first-order chi connectivity index (χ1) is 12.9. The highest BCUT2D eigenvalue weighted by Gasteiger charge is 2.26. The van der Waals surface area contributed by atoms with Crippen LogP contribution in [0.2, 0.25) is 5.02 Å². The summed E-state index contributed by atoms with van der Waals surface area (Å²) in [6.07, 6.45) is 5.07. The third-order valence-corrected chi connectivity index (χ3v) is 6.14. The van der Waals surface area contributed by atoms with Crippen LogP contribution in [0.25, 0.3) is 0 Å². The van der Waals surface area contributed by atoms with E-state index in [4.69, 9.17) is 11.6 Å². The Morgan fingerprint density at radius 3 is 2.48 bits per heavy atom. The molecule has 2 aromatic carbocycles. The van der Waals surface area contributed by atoms with E-state index in [0.717, 1.165) is 32.1 Å². The molecule has 3 rings (SSSR count). The molecule has 1 aliphatic carbocycles. The molecule has 5 nitrogen and oxygen atoms in total. The van der Waals surface area contributed by atoms with Crippen LogP contribution < -0.4 is 10.0 Å². The van der Waals surface area contributed by atoms with Gasteiger partial charge in [-0.05, 0) is 61.6 Å². The van der Waals surface area contributed by atoms with Gasteiger partial charge >= 0.3 is 0 Å². The van der Waals surface area contributed by atoms with Crippen LogP contribution in [0.3, 0.4) is 0 Å². The molecule has 0 aliphatic heterocycles. The van der Waals surface area contributed by atoms with Crippen molar-refractivity contribution in [1.29, 1.82) is 0 Å². The van der Waals surface area contributed by atoms with E-state index >= 15 is 0 Å². The molecule has 144 valence electrons. The molecular formula is C20H23ClN2O3S. The van der Waals surface area contributed by atoms with Crippen molar-refractivity contribution in [2.75, 3.05) is 4.72 Å². The predicted octanol–water partition coefficient (Wildman–Crippen LogP) is 4.38. The Morgan fingerprint density at radius 1 is 1.15 bits per heavy atom. The number of hydrogen-bond acceptors (Lipinski definition) is 3. The van der Waals surface area contributed by atoms with Crippen molar-refractivity contribution in [1.82, 2.24) is 5.32 Å². The van der Waals surface area contributed by atoms with Gasteiger partial charge in [-0.25, -0.2) is 8.42 Å². The Hall–Kier alpha value is -2.05. The molecule has 0 bridgehead atoms. The predicted molar refractivity (Wildman–Crippen MR) is 108 cm³/mol. The molecule has 1 saturated carbocycles. The van der Waals surface area contributed by atoms with E-state index in [1.54, 1.807) is 12.1 Å². The van der Waals surface area contributed by atoms with Gasteiger partial charge in [-0.1, -0.05) is 37.1 Å². The van der Waals surface area contributed by atoms with Crippen molar-refractivity contribution in [2.24, 2.45) is 0 Å². The van der Waals surface area contributed by atoms with Crippen LogP contribution in [-0.2, 0) is 16.4 Å². The number of sulfonamides is 1. The lowest BCUT2D eigenvalue weighted by molar-refractivity contribution is 0.0951. The molecule has 0 unspecified atom stereocenters. The van der Waals surface area contributed by atoms with Crippen LogP contribution in [0.5, 0.6) is 0 Å². The smallest absolute Gasteiger partial charge is 0.261 e. The van der Waals surface area contributed by atoms with E-state index < -0.39 is 10.0 Å². The number of unbranched alkanes of at least 4 members (excludes halogenated alkanes) is 1. The van der Waals surface area contributed by atoms with Crippen molar-refractivity contribution >= 4 is 33.2 Å². The number of carbonyl (C=O) groups excluding carboxylic acids is 1. The second-order valence-electron chi connectivity index (χ2n) is 6.80. The van der Waals surface area contributed by atoms with Gasteiger partial charge in [0.05, 0.1) is 15.5 Å². The zero-order valence-electron chi connectivity index (χ0n) is 15.2. The number of aryl methyl sites for hydroxylation is 1. The van der Waals surface area contributed by atoms with E-state index in [-0.39, 0.29) is 27.4 Å². The summed E-state index contributed by atoms with van der Waals surface area (Å²) in [5.74, 6) is -0.347. The number of hydrogen-bond donors (Lipinski definition) is 2. The molecule has 1 aliphatic rings. The van der Waals surface area contributed by atoms with Crippen molar-refractivity contribution in [2.45, 2.75) is 50.0 Å². The molecule has 0 spiro atoms. The lowest BCUT2D eigenvalue weighted by Gasteiger charge is -2.11. The van der Waals surface area contributed by atoms with Gasteiger partial charge in [0, 0.05) is 11.7 Å². The number of rotatable bonds is 8. The summed E-state index contributed by atoms with van der Waals surface area (Å²) in [6.45, 7) is 2.13. The van der Waals surface area contributed by atoms with Crippen molar-refractivity contribution in [3.05, 3.63) is 58.6 Å². The minimum Gasteiger partial charge on any atom is -0.349 e. The number of halogens is 1. The lowest BCUT2D eigenvalue weighted by Crippen LogP contribution is -2.26. The van der Waals surface area contributed by atoms with Gasteiger partial charge in [0.25, 0.3) is 15.9 Å². The Balaban J connectivity index is 1.76. The summed E-state index contributed by atoms with van der Waals surface area (Å²) in [6, 6.07) is 11.7. The lowest BCUT2D eigenvalue weighted by atomic mass is 10.1. The van der Waals surface area contributed by atoms with Gasteiger partial charge in [-0.15, -0.1) is 0 Å². The zero-order valence-corrected chi connectivity index (χ0v) is 16.7. The molecule has 0 aromatic heterocycles. The molecule has 27 heavy (non-hydrogen) atoms. The molecule has 0 atom stereocenters. The van der Waals surface area contributed by atoms with Crippen LogP contribution in [0.1, 0.15) is 48.5 Å². The molecule has 2 aromatic rings. The van der Waals surface area contributed by atoms with Gasteiger partial charge in [-0.2, -0.15) is 0 Å². The van der Waals surface area contributed by atoms with Gasteiger partial charge < -0.3 is 5.32 Å². The monoisotopic (exact) mass is 406 g/mol. The summed E-state index contributed by atoms with van der Waals surface area (Å²) < 4.78 is 27.9. The average molecular weight is 407 g/mol. The number of nitrogens with one attached hydrogen (secondary N) is 2.